The molecular formula is C24H33N5O5. The molecule has 34 heavy (non-hydrogen) atoms. The van der Waals surface area contributed by atoms with Crippen molar-refractivity contribution in [1.82, 2.24) is 20.2 Å². The summed E-state index contributed by atoms with van der Waals surface area (Å²) in [5.41, 5.74) is 0.375. The van der Waals surface area contributed by atoms with E-state index in [-0.39, 0.29) is 30.4 Å². The molecule has 1 aromatic carbocycles. The number of amidine groups is 1. The Morgan fingerprint density at radius 3 is 2.56 bits per heavy atom. The van der Waals surface area contributed by atoms with Gasteiger partial charge in [0, 0.05) is 19.6 Å². The van der Waals surface area contributed by atoms with Crippen LogP contribution in [0.3, 0.4) is 0 Å². The number of nitrogens with zero attached hydrogens (tertiary/aromatic N) is 3. The molecule has 3 fully saturated rings. The van der Waals surface area contributed by atoms with E-state index in [1.54, 1.807) is 25.7 Å². The summed E-state index contributed by atoms with van der Waals surface area (Å²) in [4.78, 5) is 46.9. The van der Waals surface area contributed by atoms with Crippen LogP contribution in [0.4, 0.5) is 9.59 Å². The van der Waals surface area contributed by atoms with E-state index in [4.69, 9.17) is 15.0 Å². The molecule has 1 aromatic rings. The van der Waals surface area contributed by atoms with Gasteiger partial charge in [0.05, 0.1) is 18.0 Å². The fourth-order valence-electron chi connectivity index (χ4n) is 4.60. The Balaban J connectivity index is 1.29. The second-order valence-electron chi connectivity index (χ2n) is 10.1. The zero-order chi connectivity index (χ0) is 24.5. The van der Waals surface area contributed by atoms with Crippen LogP contribution in [0.2, 0.25) is 0 Å². The highest BCUT2D eigenvalue weighted by molar-refractivity contribution is 6.02. The third kappa shape index (κ3) is 5.32. The molecule has 0 aromatic heterocycles. The Hall–Kier alpha value is -3.14. The van der Waals surface area contributed by atoms with Gasteiger partial charge in [0.1, 0.15) is 18.0 Å². The molecule has 10 nitrogen and oxygen atoms in total. The van der Waals surface area contributed by atoms with Crippen molar-refractivity contribution in [2.75, 3.05) is 19.6 Å². The second kappa shape index (κ2) is 9.61. The number of carbonyl (C=O) groups excluding carboxylic acids is 3. The number of hydrogen-bond donors (Lipinski definition) is 2. The second-order valence-corrected chi connectivity index (χ2v) is 10.1. The normalized spacial score (nSPS) is 24.4. The lowest BCUT2D eigenvalue weighted by atomic mass is 9.99. The number of rotatable bonds is 5. The minimum atomic E-state index is -0.598. The maximum Gasteiger partial charge on any atom is 0.410 e. The molecule has 10 heteroatoms. The van der Waals surface area contributed by atoms with Gasteiger partial charge in [0.15, 0.2) is 0 Å². The number of carbonyl (C=O) groups is 3. The number of fused-ring (bicyclic) bond motifs is 2. The summed E-state index contributed by atoms with van der Waals surface area (Å²) in [6.07, 6.45) is 1.34. The molecule has 2 N–H and O–H groups in total. The summed E-state index contributed by atoms with van der Waals surface area (Å²) in [6.45, 7) is 6.85. The Morgan fingerprint density at radius 1 is 1.12 bits per heavy atom. The third-order valence-corrected chi connectivity index (χ3v) is 6.34. The number of amides is 4. The van der Waals surface area contributed by atoms with Gasteiger partial charge in [0.2, 0.25) is 5.91 Å². The van der Waals surface area contributed by atoms with E-state index in [1.165, 1.54) is 9.96 Å². The van der Waals surface area contributed by atoms with E-state index < -0.39 is 23.7 Å². The minimum Gasteiger partial charge on any atom is -0.444 e. The number of benzene rings is 1. The standard InChI is InChI=1S/C24H33N5O5/c1-24(2,3)34-23(32)27-12-11-17(13-27)21(30)26-20(25)19-10-9-18-14-28(19)22(31)29(18)33-15-16-7-5-4-6-8-16/h4-8,17-19H,9-15H2,1-3H3,(H2,25,26,30)/t17?,18-,19+/m1/s1. The first-order valence-corrected chi connectivity index (χ1v) is 11.8. The van der Waals surface area contributed by atoms with Gasteiger partial charge >= 0.3 is 12.1 Å². The molecule has 1 unspecified atom stereocenters. The molecule has 184 valence electrons. The minimum absolute atomic E-state index is 0.0115. The lowest BCUT2D eigenvalue weighted by Gasteiger charge is -2.31. The molecule has 0 radical (unpaired) electrons. The topological polar surface area (TPSA) is 115 Å². The SMILES string of the molecule is CC(C)(C)OC(=O)N1CCC(C(=O)NC(=N)[C@@H]2CC[C@@H]3CN2C(=O)N3OCc2ccccc2)C1. The largest absolute Gasteiger partial charge is 0.444 e. The van der Waals surface area contributed by atoms with Gasteiger partial charge in [-0.3, -0.25) is 15.0 Å². The summed E-state index contributed by atoms with van der Waals surface area (Å²) in [5, 5.41) is 12.6. The van der Waals surface area contributed by atoms with Crippen LogP contribution in [-0.4, -0.2) is 76.0 Å². The number of urea groups is 1. The molecule has 4 rings (SSSR count). The van der Waals surface area contributed by atoms with Crippen LogP contribution >= 0.6 is 0 Å². The van der Waals surface area contributed by atoms with Gasteiger partial charge in [-0.1, -0.05) is 30.3 Å². The predicted octanol–water partition coefficient (Wildman–Crippen LogP) is 2.74. The number of nitrogens with one attached hydrogen (secondary N) is 2. The van der Waals surface area contributed by atoms with Gasteiger partial charge < -0.3 is 19.9 Å². The van der Waals surface area contributed by atoms with Crippen LogP contribution in [0.5, 0.6) is 0 Å². The highest BCUT2D eigenvalue weighted by atomic mass is 16.7. The Bertz CT molecular complexity index is 947. The monoisotopic (exact) mass is 471 g/mol. The van der Waals surface area contributed by atoms with Crippen molar-refractivity contribution in [3.63, 3.8) is 0 Å². The van der Waals surface area contributed by atoms with Crippen molar-refractivity contribution < 1.29 is 24.0 Å². The van der Waals surface area contributed by atoms with Crippen LogP contribution in [-0.2, 0) is 21.0 Å². The molecule has 3 aliphatic rings. The maximum atomic E-state index is 13.0. The van der Waals surface area contributed by atoms with E-state index in [1.807, 2.05) is 30.3 Å². The smallest absolute Gasteiger partial charge is 0.410 e. The van der Waals surface area contributed by atoms with E-state index in [0.29, 0.717) is 39.0 Å². The fraction of sp³-hybridized carbons (Fsp3) is 0.583. The van der Waals surface area contributed by atoms with Gasteiger partial charge in [-0.05, 0) is 45.6 Å². The molecular weight excluding hydrogens is 438 g/mol. The van der Waals surface area contributed by atoms with E-state index in [9.17, 15) is 14.4 Å². The summed E-state index contributed by atoms with van der Waals surface area (Å²) in [6, 6.07) is 8.80. The van der Waals surface area contributed by atoms with Crippen molar-refractivity contribution in [2.45, 2.75) is 64.3 Å². The van der Waals surface area contributed by atoms with Gasteiger partial charge in [0.25, 0.3) is 0 Å². The molecule has 0 aliphatic carbocycles. The van der Waals surface area contributed by atoms with Crippen molar-refractivity contribution >= 4 is 23.9 Å². The predicted molar refractivity (Wildman–Crippen MR) is 124 cm³/mol. The fourth-order valence-corrected chi connectivity index (χ4v) is 4.60. The first-order valence-electron chi connectivity index (χ1n) is 11.8. The van der Waals surface area contributed by atoms with E-state index >= 15 is 0 Å². The van der Waals surface area contributed by atoms with Gasteiger partial charge in [-0.25, -0.2) is 9.59 Å². The van der Waals surface area contributed by atoms with Gasteiger partial charge in [-0.15, -0.1) is 0 Å². The van der Waals surface area contributed by atoms with Crippen LogP contribution in [0, 0.1) is 11.3 Å². The van der Waals surface area contributed by atoms with Gasteiger partial charge in [-0.2, -0.15) is 5.06 Å². The van der Waals surface area contributed by atoms with E-state index in [2.05, 4.69) is 5.32 Å². The number of hydroxylamine groups is 2. The zero-order valence-electron chi connectivity index (χ0n) is 20.0. The molecule has 3 heterocycles. The molecule has 2 bridgehead atoms. The molecule has 3 aliphatic heterocycles. The maximum absolute atomic E-state index is 13.0. The summed E-state index contributed by atoms with van der Waals surface area (Å²) in [7, 11) is 0. The van der Waals surface area contributed by atoms with Crippen molar-refractivity contribution in [2.24, 2.45) is 5.92 Å². The molecule has 3 atom stereocenters. The number of hydrogen-bond acceptors (Lipinski definition) is 6. The van der Waals surface area contributed by atoms with Crippen molar-refractivity contribution in [3.8, 4) is 0 Å². The molecule has 0 saturated carbocycles. The van der Waals surface area contributed by atoms with Crippen LogP contribution in [0.25, 0.3) is 0 Å². The Labute approximate surface area is 199 Å². The van der Waals surface area contributed by atoms with Crippen LogP contribution in [0.15, 0.2) is 30.3 Å². The summed E-state index contributed by atoms with van der Waals surface area (Å²) < 4.78 is 5.38. The summed E-state index contributed by atoms with van der Waals surface area (Å²) in [5.74, 6) is -0.705. The third-order valence-electron chi connectivity index (χ3n) is 6.34. The quantitative estimate of drug-likeness (QED) is 0.506. The summed E-state index contributed by atoms with van der Waals surface area (Å²) >= 11 is 0. The average Bonchev–Trinajstić information content (AvgIpc) is 3.37. The highest BCUT2D eigenvalue weighted by Gasteiger charge is 2.47. The first kappa shape index (κ1) is 24.0. The van der Waals surface area contributed by atoms with E-state index in [0.717, 1.165) is 5.56 Å². The Morgan fingerprint density at radius 2 is 1.85 bits per heavy atom. The van der Waals surface area contributed by atoms with Crippen LogP contribution in [0.1, 0.15) is 45.6 Å². The highest BCUT2D eigenvalue weighted by Crippen LogP contribution is 2.31. The lowest BCUT2D eigenvalue weighted by Crippen LogP contribution is -2.51. The van der Waals surface area contributed by atoms with Crippen molar-refractivity contribution in [1.29, 1.82) is 5.41 Å². The number of piperidine rings is 1. The molecule has 4 amide bonds. The first-order chi connectivity index (χ1) is 16.1. The average molecular weight is 472 g/mol. The Kier molecular flexibility index (Phi) is 6.79. The number of ether oxygens (including phenoxy) is 1. The van der Waals surface area contributed by atoms with Crippen LogP contribution < -0.4 is 5.32 Å². The lowest BCUT2D eigenvalue weighted by molar-refractivity contribution is -0.140. The molecule has 3 saturated heterocycles. The number of likely N-dealkylation sites (tertiary alicyclic amines) is 1. The zero-order valence-corrected chi connectivity index (χ0v) is 20.0. The van der Waals surface area contributed by atoms with Crippen molar-refractivity contribution in [3.05, 3.63) is 35.9 Å². The molecule has 0 spiro atoms.